The van der Waals surface area contributed by atoms with Gasteiger partial charge < -0.3 is 19.8 Å². The van der Waals surface area contributed by atoms with E-state index in [1.807, 2.05) is 19.1 Å². The summed E-state index contributed by atoms with van der Waals surface area (Å²) in [7, 11) is 0. The second-order valence-corrected chi connectivity index (χ2v) is 7.42. The van der Waals surface area contributed by atoms with Crippen LogP contribution >= 0.6 is 11.6 Å². The quantitative estimate of drug-likeness (QED) is 0.586. The molecule has 0 fully saturated rings. The minimum absolute atomic E-state index is 0.112. The summed E-state index contributed by atoms with van der Waals surface area (Å²) in [5.41, 5.74) is 1.66. The summed E-state index contributed by atoms with van der Waals surface area (Å²) in [6, 6.07) is 15.5. The lowest BCUT2D eigenvalue weighted by Crippen LogP contribution is -2.34. The molecular formula is C23H19ClN2O4. The minimum atomic E-state index is -0.388. The van der Waals surface area contributed by atoms with E-state index in [0.717, 1.165) is 11.3 Å². The number of ether oxygens (including phenoxy) is 1. The lowest BCUT2D eigenvalue weighted by molar-refractivity contribution is -0.115. The van der Waals surface area contributed by atoms with Crippen molar-refractivity contribution in [2.45, 2.75) is 19.4 Å². The average Bonchev–Trinajstić information content (AvgIpc) is 3.22. The van der Waals surface area contributed by atoms with Crippen molar-refractivity contribution in [3.05, 3.63) is 88.5 Å². The van der Waals surface area contributed by atoms with Gasteiger partial charge in [0.2, 0.25) is 0 Å². The van der Waals surface area contributed by atoms with Crippen molar-refractivity contribution < 1.29 is 18.7 Å². The first kappa shape index (κ1) is 19.8. The molecule has 0 spiro atoms. The molecule has 1 atom stereocenters. The van der Waals surface area contributed by atoms with Crippen LogP contribution < -0.4 is 15.4 Å². The van der Waals surface area contributed by atoms with Crippen LogP contribution in [0.2, 0.25) is 5.02 Å². The summed E-state index contributed by atoms with van der Waals surface area (Å²) in [5, 5.41) is 6.31. The third-order valence-corrected chi connectivity index (χ3v) is 4.82. The van der Waals surface area contributed by atoms with Crippen LogP contribution in [0.5, 0.6) is 5.75 Å². The van der Waals surface area contributed by atoms with Crippen LogP contribution in [0.15, 0.2) is 71.0 Å². The van der Waals surface area contributed by atoms with Gasteiger partial charge in [0, 0.05) is 23.0 Å². The monoisotopic (exact) mass is 422 g/mol. The van der Waals surface area contributed by atoms with Crippen molar-refractivity contribution >= 4 is 35.2 Å². The number of furan rings is 1. The SMILES string of the molecule is C[C@H](Cc1ccco1)NC(=O)c1ccc2c(c1)NC(=O)/C(=C\c1ccc(Cl)cc1)O2. The first-order chi connectivity index (χ1) is 14.5. The summed E-state index contributed by atoms with van der Waals surface area (Å²) in [6.07, 6.45) is 3.82. The van der Waals surface area contributed by atoms with Crippen molar-refractivity contribution in [2.24, 2.45) is 0 Å². The molecule has 7 heteroatoms. The number of carbonyl (C=O) groups is 2. The third-order valence-electron chi connectivity index (χ3n) is 4.57. The molecule has 0 bridgehead atoms. The Hall–Kier alpha value is -3.51. The highest BCUT2D eigenvalue weighted by Crippen LogP contribution is 2.32. The fraction of sp³-hybridized carbons (Fsp3) is 0.130. The standard InChI is InChI=1S/C23H19ClN2O4/c1-14(11-18-3-2-10-29-18)25-22(27)16-6-9-20-19(13-16)26-23(28)21(30-20)12-15-4-7-17(24)8-5-15/h2-10,12-14H,11H2,1H3,(H,25,27)(H,26,28)/b21-12+/t14-/m1/s1. The van der Waals surface area contributed by atoms with Crippen molar-refractivity contribution in [2.75, 3.05) is 5.32 Å². The van der Waals surface area contributed by atoms with E-state index in [1.54, 1.807) is 54.8 Å². The molecule has 6 nitrogen and oxygen atoms in total. The van der Waals surface area contributed by atoms with Crippen LogP contribution in [-0.2, 0) is 11.2 Å². The first-order valence-corrected chi connectivity index (χ1v) is 9.79. The Kier molecular flexibility index (Phi) is 5.59. The first-order valence-electron chi connectivity index (χ1n) is 9.42. The summed E-state index contributed by atoms with van der Waals surface area (Å²) in [5.74, 6) is 0.799. The highest BCUT2D eigenvalue weighted by molar-refractivity contribution is 6.30. The molecule has 3 aromatic rings. The molecular weight excluding hydrogens is 404 g/mol. The van der Waals surface area contributed by atoms with E-state index in [4.69, 9.17) is 20.8 Å². The van der Waals surface area contributed by atoms with Gasteiger partial charge in [0.05, 0.1) is 12.0 Å². The van der Waals surface area contributed by atoms with Gasteiger partial charge in [-0.1, -0.05) is 23.7 Å². The smallest absolute Gasteiger partial charge is 0.291 e. The van der Waals surface area contributed by atoms with E-state index in [9.17, 15) is 9.59 Å². The Labute approximate surface area is 178 Å². The lowest BCUT2D eigenvalue weighted by atomic mass is 10.1. The summed E-state index contributed by atoms with van der Waals surface area (Å²) in [4.78, 5) is 25.0. The van der Waals surface area contributed by atoms with Gasteiger partial charge in [-0.2, -0.15) is 0 Å². The van der Waals surface area contributed by atoms with Crippen LogP contribution in [0.4, 0.5) is 5.69 Å². The summed E-state index contributed by atoms with van der Waals surface area (Å²) in [6.45, 7) is 1.90. The Balaban J connectivity index is 1.46. The molecule has 0 saturated heterocycles. The minimum Gasteiger partial charge on any atom is -0.469 e. The Morgan fingerprint density at radius 3 is 2.73 bits per heavy atom. The van der Waals surface area contributed by atoms with Crippen LogP contribution in [-0.4, -0.2) is 17.9 Å². The van der Waals surface area contributed by atoms with Crippen molar-refractivity contribution in [3.63, 3.8) is 0 Å². The van der Waals surface area contributed by atoms with Crippen LogP contribution in [0.1, 0.15) is 28.6 Å². The molecule has 0 saturated carbocycles. The maximum absolute atomic E-state index is 12.6. The van der Waals surface area contributed by atoms with Gasteiger partial charge in [0.25, 0.3) is 11.8 Å². The van der Waals surface area contributed by atoms with E-state index in [-0.39, 0.29) is 23.6 Å². The predicted molar refractivity (Wildman–Crippen MR) is 114 cm³/mol. The number of rotatable bonds is 5. The maximum Gasteiger partial charge on any atom is 0.291 e. The maximum atomic E-state index is 12.6. The molecule has 2 heterocycles. The lowest BCUT2D eigenvalue weighted by Gasteiger charge is -2.21. The van der Waals surface area contributed by atoms with Crippen LogP contribution in [0, 0.1) is 0 Å². The summed E-state index contributed by atoms with van der Waals surface area (Å²) >= 11 is 5.89. The van der Waals surface area contributed by atoms with Crippen LogP contribution in [0.25, 0.3) is 6.08 Å². The van der Waals surface area contributed by atoms with Gasteiger partial charge in [-0.3, -0.25) is 9.59 Å². The number of hydrogen-bond acceptors (Lipinski definition) is 4. The number of fused-ring (bicyclic) bond motifs is 1. The number of amides is 2. The fourth-order valence-corrected chi connectivity index (χ4v) is 3.23. The van der Waals surface area contributed by atoms with Crippen molar-refractivity contribution in [1.29, 1.82) is 0 Å². The molecule has 2 amide bonds. The van der Waals surface area contributed by atoms with Gasteiger partial charge in [-0.25, -0.2) is 0 Å². The largest absolute Gasteiger partial charge is 0.469 e. The van der Waals surface area contributed by atoms with Gasteiger partial charge in [0.1, 0.15) is 5.76 Å². The van der Waals surface area contributed by atoms with Crippen molar-refractivity contribution in [3.8, 4) is 5.75 Å². The van der Waals surface area contributed by atoms with Crippen molar-refractivity contribution in [1.82, 2.24) is 5.32 Å². The molecule has 1 aromatic heterocycles. The molecule has 30 heavy (non-hydrogen) atoms. The molecule has 0 aliphatic carbocycles. The topological polar surface area (TPSA) is 80.6 Å². The molecule has 0 radical (unpaired) electrons. The molecule has 1 aliphatic rings. The number of nitrogens with one attached hydrogen (secondary N) is 2. The second-order valence-electron chi connectivity index (χ2n) is 6.99. The van der Waals surface area contributed by atoms with Crippen LogP contribution in [0.3, 0.4) is 0 Å². The Morgan fingerprint density at radius 1 is 1.20 bits per heavy atom. The average molecular weight is 423 g/mol. The number of carbonyl (C=O) groups excluding carboxylic acids is 2. The third kappa shape index (κ3) is 4.55. The fourth-order valence-electron chi connectivity index (χ4n) is 3.10. The van der Waals surface area contributed by atoms with E-state index in [0.29, 0.717) is 28.4 Å². The zero-order valence-electron chi connectivity index (χ0n) is 16.1. The van der Waals surface area contributed by atoms with E-state index in [2.05, 4.69) is 10.6 Å². The molecule has 152 valence electrons. The van der Waals surface area contributed by atoms with Gasteiger partial charge >= 0.3 is 0 Å². The predicted octanol–water partition coefficient (Wildman–Crippen LogP) is 4.67. The molecule has 1 aliphatic heterocycles. The zero-order valence-corrected chi connectivity index (χ0v) is 16.9. The Morgan fingerprint density at radius 2 is 2.00 bits per heavy atom. The van der Waals surface area contributed by atoms with E-state index >= 15 is 0 Å². The normalized spacial score (nSPS) is 15.1. The van der Waals surface area contributed by atoms with Gasteiger partial charge in [-0.15, -0.1) is 0 Å². The number of hydrogen-bond donors (Lipinski definition) is 2. The summed E-state index contributed by atoms with van der Waals surface area (Å²) < 4.78 is 11.0. The van der Waals surface area contributed by atoms with Gasteiger partial charge in [-0.05, 0) is 61.0 Å². The highest BCUT2D eigenvalue weighted by Gasteiger charge is 2.23. The zero-order chi connectivity index (χ0) is 21.1. The Bertz CT molecular complexity index is 1100. The number of benzene rings is 2. The molecule has 2 N–H and O–H groups in total. The second kappa shape index (κ2) is 8.47. The highest BCUT2D eigenvalue weighted by atomic mass is 35.5. The molecule has 0 unspecified atom stereocenters. The van der Waals surface area contributed by atoms with E-state index < -0.39 is 0 Å². The number of anilines is 1. The van der Waals surface area contributed by atoms with Gasteiger partial charge in [0.15, 0.2) is 11.5 Å². The van der Waals surface area contributed by atoms with E-state index in [1.165, 1.54) is 0 Å². The molecule has 2 aromatic carbocycles. The molecule has 4 rings (SSSR count). The number of halogens is 1.